The van der Waals surface area contributed by atoms with E-state index in [0.29, 0.717) is 18.5 Å². The van der Waals surface area contributed by atoms with Crippen LogP contribution >= 0.6 is 0 Å². The minimum Gasteiger partial charge on any atom is -0.449 e. The summed E-state index contributed by atoms with van der Waals surface area (Å²) in [6.07, 6.45) is -0.950. The summed E-state index contributed by atoms with van der Waals surface area (Å²) in [6.45, 7) is 2.29. The van der Waals surface area contributed by atoms with E-state index < -0.39 is 61.0 Å². The maximum absolute atomic E-state index is 15.1. The molecule has 0 radical (unpaired) electrons. The van der Waals surface area contributed by atoms with Crippen LogP contribution in [0.3, 0.4) is 0 Å². The molecule has 2 heterocycles. The Morgan fingerprint density at radius 3 is 2.52 bits per heavy atom. The second-order valence-electron chi connectivity index (χ2n) is 11.4. The Balaban J connectivity index is 1.47. The lowest BCUT2D eigenvalue weighted by Crippen LogP contribution is -2.40. The number of nitrogens with one attached hydrogen (secondary N) is 4. The number of hydrogen-bond acceptors (Lipinski definition) is 5. The smallest absolute Gasteiger partial charge is 0.410 e. The molecule has 2 saturated carbocycles. The van der Waals surface area contributed by atoms with E-state index in [1.54, 1.807) is 0 Å². The van der Waals surface area contributed by atoms with Gasteiger partial charge in [-0.05, 0) is 62.5 Å². The van der Waals surface area contributed by atoms with Crippen LogP contribution in [0.15, 0.2) is 24.4 Å². The van der Waals surface area contributed by atoms with Crippen molar-refractivity contribution in [1.29, 1.82) is 5.41 Å². The molecule has 1 saturated heterocycles. The number of alkyl carbamates (subject to hydrolysis) is 1. The minimum absolute atomic E-state index is 0.184. The topological polar surface area (TPSA) is 123 Å². The molecule has 3 aliphatic rings. The van der Waals surface area contributed by atoms with Crippen LogP contribution in [0.4, 0.5) is 35.9 Å². The number of imidazole rings is 1. The molecule has 3 fully saturated rings. The van der Waals surface area contributed by atoms with Crippen LogP contribution in [-0.4, -0.2) is 77.2 Å². The van der Waals surface area contributed by atoms with Crippen LogP contribution in [0.1, 0.15) is 62.5 Å². The largest absolute Gasteiger partial charge is 0.449 e. The Morgan fingerprint density at radius 2 is 1.98 bits per heavy atom. The molecule has 0 unspecified atom stereocenters. The highest BCUT2D eigenvalue weighted by Gasteiger charge is 2.52. The fourth-order valence-electron chi connectivity index (χ4n) is 5.39. The van der Waals surface area contributed by atoms with Crippen LogP contribution in [0.25, 0.3) is 6.08 Å². The minimum atomic E-state index is -4.61. The summed E-state index contributed by atoms with van der Waals surface area (Å²) in [6, 6.07) is -3.66. The molecule has 232 valence electrons. The fourth-order valence-corrected chi connectivity index (χ4v) is 5.39. The number of hydrogen-bond donors (Lipinski definition) is 4. The molecule has 15 heteroatoms. The molecule has 9 nitrogen and oxygen atoms in total. The number of urea groups is 1. The van der Waals surface area contributed by atoms with Gasteiger partial charge in [0, 0.05) is 12.8 Å². The van der Waals surface area contributed by atoms with Crippen molar-refractivity contribution in [2.45, 2.75) is 75.3 Å². The molecular formula is C27H34F6N6O3. The molecule has 1 aromatic rings. The SMILES string of the molecule is C=CCC1(F)CCC([C@H](NC(=O)OCC2(C(F)F)CC2)c2cnc(/C=C(\C=N)CN3C[C@@H](C(F)(F)F)NC3=O)[nH]2)CC1. The average Bonchev–Trinajstić information content (AvgIpc) is 3.44. The van der Waals surface area contributed by atoms with Gasteiger partial charge >= 0.3 is 18.3 Å². The maximum atomic E-state index is 15.1. The molecule has 0 spiro atoms. The van der Waals surface area contributed by atoms with E-state index in [1.165, 1.54) is 18.3 Å². The van der Waals surface area contributed by atoms with Crippen molar-refractivity contribution in [3.63, 3.8) is 0 Å². The van der Waals surface area contributed by atoms with Crippen molar-refractivity contribution < 1.29 is 40.7 Å². The molecule has 1 aromatic heterocycles. The number of allylic oxidation sites excluding steroid dienone is 1. The first kappa shape index (κ1) is 31.4. The Labute approximate surface area is 238 Å². The number of ether oxygens (including phenoxy) is 1. The first-order valence-electron chi connectivity index (χ1n) is 13.7. The number of H-pyrrole nitrogens is 1. The Bertz CT molecular complexity index is 1190. The number of nitrogens with zero attached hydrogens (tertiary/aromatic N) is 2. The summed E-state index contributed by atoms with van der Waals surface area (Å²) in [5, 5.41) is 12.3. The van der Waals surface area contributed by atoms with Crippen molar-refractivity contribution in [3.8, 4) is 0 Å². The molecule has 0 aromatic carbocycles. The first-order chi connectivity index (χ1) is 19.8. The quantitative estimate of drug-likeness (QED) is 0.139. The number of aromatic amines is 1. The van der Waals surface area contributed by atoms with Crippen LogP contribution < -0.4 is 10.6 Å². The molecule has 0 bridgehead atoms. The van der Waals surface area contributed by atoms with Crippen LogP contribution in [0, 0.1) is 16.7 Å². The van der Waals surface area contributed by atoms with Gasteiger partial charge in [0.2, 0.25) is 6.43 Å². The summed E-state index contributed by atoms with van der Waals surface area (Å²) in [4.78, 5) is 32.9. The van der Waals surface area contributed by atoms with Gasteiger partial charge in [0.1, 0.15) is 24.1 Å². The number of amides is 3. The van der Waals surface area contributed by atoms with Crippen molar-refractivity contribution in [1.82, 2.24) is 25.5 Å². The Hall–Kier alpha value is -3.52. The zero-order chi connectivity index (χ0) is 30.7. The van der Waals surface area contributed by atoms with Crippen LogP contribution in [-0.2, 0) is 4.74 Å². The molecule has 2 aliphatic carbocycles. The zero-order valence-electron chi connectivity index (χ0n) is 22.8. The summed E-state index contributed by atoms with van der Waals surface area (Å²) >= 11 is 0. The highest BCUT2D eigenvalue weighted by molar-refractivity contribution is 5.85. The van der Waals surface area contributed by atoms with Crippen molar-refractivity contribution in [2.75, 3.05) is 19.7 Å². The van der Waals surface area contributed by atoms with Gasteiger partial charge in [0.25, 0.3) is 0 Å². The van der Waals surface area contributed by atoms with E-state index in [4.69, 9.17) is 10.1 Å². The third-order valence-corrected chi connectivity index (χ3v) is 8.24. The molecule has 4 rings (SSSR count). The predicted octanol–water partition coefficient (Wildman–Crippen LogP) is 5.69. The zero-order valence-corrected chi connectivity index (χ0v) is 22.8. The van der Waals surface area contributed by atoms with Crippen molar-refractivity contribution in [3.05, 3.63) is 35.9 Å². The standard InChI is InChI=1S/C27H34F6N6O3/c1-2-5-26(30)6-3-17(4-7-26)21(38-24(41)42-15-25(8-9-25)22(28)29)18-12-35-20(36-18)10-16(11-34)13-39-14-19(27(31,32)33)37-23(39)40/h2,10-12,17,19,21-22,34H,1,3-9,13-15H2,(H,35,36)(H,37,40)(H,38,41)/b16-10+,34-11?/t17?,19-,21-,26?/m0/s1. The molecule has 4 N–H and O–H groups in total. The van der Waals surface area contributed by atoms with Crippen molar-refractivity contribution >= 4 is 24.4 Å². The van der Waals surface area contributed by atoms with Gasteiger partial charge in [0.15, 0.2) is 0 Å². The maximum Gasteiger partial charge on any atom is 0.410 e. The second-order valence-corrected chi connectivity index (χ2v) is 11.4. The Kier molecular flexibility index (Phi) is 9.26. The lowest BCUT2D eigenvalue weighted by atomic mass is 9.75. The van der Waals surface area contributed by atoms with E-state index in [9.17, 15) is 31.5 Å². The summed E-state index contributed by atoms with van der Waals surface area (Å²) in [7, 11) is 0. The number of rotatable bonds is 12. The lowest BCUT2D eigenvalue weighted by Gasteiger charge is -2.37. The highest BCUT2D eigenvalue weighted by Crippen LogP contribution is 2.51. The van der Waals surface area contributed by atoms with Crippen LogP contribution in [0.5, 0.6) is 0 Å². The van der Waals surface area contributed by atoms with Gasteiger partial charge in [-0.15, -0.1) is 6.58 Å². The third-order valence-electron chi connectivity index (χ3n) is 8.24. The molecule has 42 heavy (non-hydrogen) atoms. The number of alkyl halides is 6. The van der Waals surface area contributed by atoms with Gasteiger partial charge in [-0.1, -0.05) is 6.08 Å². The van der Waals surface area contributed by atoms with Gasteiger partial charge in [-0.2, -0.15) is 13.2 Å². The normalized spacial score (nSPS) is 26.5. The summed E-state index contributed by atoms with van der Waals surface area (Å²) < 4.78 is 85.8. The Morgan fingerprint density at radius 1 is 1.29 bits per heavy atom. The van der Waals surface area contributed by atoms with Crippen LogP contribution in [0.2, 0.25) is 0 Å². The van der Waals surface area contributed by atoms with E-state index >= 15 is 4.39 Å². The number of carbonyl (C=O) groups excluding carboxylic acids is 2. The van der Waals surface area contributed by atoms with Gasteiger partial charge in [-0.3, -0.25) is 0 Å². The molecular weight excluding hydrogens is 570 g/mol. The number of carbonyl (C=O) groups is 2. The second kappa shape index (κ2) is 12.4. The van der Waals surface area contributed by atoms with E-state index in [0.717, 1.165) is 11.1 Å². The predicted molar refractivity (Wildman–Crippen MR) is 141 cm³/mol. The van der Waals surface area contributed by atoms with Gasteiger partial charge in [0.05, 0.1) is 29.9 Å². The highest BCUT2D eigenvalue weighted by atomic mass is 19.4. The summed E-state index contributed by atoms with van der Waals surface area (Å²) in [5.74, 6) is -0.0455. The van der Waals surface area contributed by atoms with Gasteiger partial charge in [-0.25, -0.2) is 27.7 Å². The molecule has 1 aliphatic heterocycles. The van der Waals surface area contributed by atoms with Crippen molar-refractivity contribution in [2.24, 2.45) is 11.3 Å². The van der Waals surface area contributed by atoms with E-state index in [2.05, 4.69) is 21.9 Å². The molecule has 3 amide bonds. The third kappa shape index (κ3) is 7.46. The monoisotopic (exact) mass is 604 g/mol. The first-order valence-corrected chi connectivity index (χ1v) is 13.7. The summed E-state index contributed by atoms with van der Waals surface area (Å²) in [5.41, 5.74) is -2.14. The fraction of sp³-hybridized carbons (Fsp3) is 0.630. The van der Waals surface area contributed by atoms with E-state index in [1.807, 2.05) is 5.32 Å². The number of halogens is 6. The molecule has 2 atom stereocenters. The lowest BCUT2D eigenvalue weighted by molar-refractivity contribution is -0.149. The van der Waals surface area contributed by atoms with E-state index in [-0.39, 0.29) is 56.0 Å². The average molecular weight is 605 g/mol. The van der Waals surface area contributed by atoms with Gasteiger partial charge < -0.3 is 30.7 Å². The number of aromatic nitrogens is 2.